The smallest absolute Gasteiger partial charge is 0.348 e. The molecule has 0 saturated carbocycles. The van der Waals surface area contributed by atoms with E-state index >= 15 is 0 Å². The number of thiophene rings is 1. The minimum atomic E-state index is -1.09. The molecule has 4 aromatic rings. The maximum Gasteiger partial charge on any atom is 0.348 e. The average Bonchev–Trinajstić information content (AvgIpc) is 2.99. The van der Waals surface area contributed by atoms with E-state index in [-0.39, 0.29) is 10.6 Å². The lowest BCUT2D eigenvalue weighted by Crippen LogP contribution is -1.99. The normalized spacial score (nSPS) is 10.9. The van der Waals surface area contributed by atoms with Gasteiger partial charge in [0.1, 0.15) is 9.71 Å². The quantitative estimate of drug-likeness (QED) is 0.476. The Labute approximate surface area is 152 Å². The summed E-state index contributed by atoms with van der Waals surface area (Å²) in [5.41, 5.74) is 14.8. The largest absolute Gasteiger partial charge is 0.477 e. The predicted octanol–water partition coefficient (Wildman–Crippen LogP) is 3.28. The van der Waals surface area contributed by atoms with E-state index in [2.05, 4.69) is 15.0 Å². The fraction of sp³-hybridized carbons (Fsp3) is 0. The monoisotopic (exact) mass is 363 g/mol. The first-order valence-electron chi connectivity index (χ1n) is 7.64. The molecule has 26 heavy (non-hydrogen) atoms. The van der Waals surface area contributed by atoms with Crippen molar-refractivity contribution in [2.45, 2.75) is 0 Å². The molecule has 0 bridgehead atoms. The van der Waals surface area contributed by atoms with E-state index in [1.165, 1.54) is 0 Å². The van der Waals surface area contributed by atoms with Crippen molar-refractivity contribution in [3.8, 4) is 22.6 Å². The maximum atomic E-state index is 11.5. The molecule has 128 valence electrons. The van der Waals surface area contributed by atoms with Crippen LogP contribution in [-0.4, -0.2) is 26.0 Å². The molecular weight excluding hydrogens is 350 g/mol. The van der Waals surface area contributed by atoms with Crippen LogP contribution >= 0.6 is 11.3 Å². The summed E-state index contributed by atoms with van der Waals surface area (Å²) >= 11 is 1.03. The summed E-state index contributed by atoms with van der Waals surface area (Å²) in [6.45, 7) is 0. The molecular formula is C18H13N5O2S. The predicted molar refractivity (Wildman–Crippen MR) is 102 cm³/mol. The Morgan fingerprint density at radius 3 is 2.50 bits per heavy atom. The van der Waals surface area contributed by atoms with Gasteiger partial charge in [-0.25, -0.2) is 14.8 Å². The van der Waals surface area contributed by atoms with Gasteiger partial charge in [-0.15, -0.1) is 11.3 Å². The van der Waals surface area contributed by atoms with Crippen molar-refractivity contribution in [3.05, 3.63) is 53.7 Å². The second-order valence-electron chi connectivity index (χ2n) is 5.59. The molecule has 0 aliphatic heterocycles. The Kier molecular flexibility index (Phi) is 3.74. The van der Waals surface area contributed by atoms with E-state index in [1.54, 1.807) is 36.7 Å². The lowest BCUT2D eigenvalue weighted by Gasteiger charge is -2.08. The van der Waals surface area contributed by atoms with Crippen molar-refractivity contribution < 1.29 is 9.90 Å². The zero-order valence-electron chi connectivity index (χ0n) is 13.4. The van der Waals surface area contributed by atoms with E-state index in [9.17, 15) is 9.90 Å². The number of rotatable bonds is 3. The molecule has 5 N–H and O–H groups in total. The van der Waals surface area contributed by atoms with E-state index in [1.807, 2.05) is 12.1 Å². The van der Waals surface area contributed by atoms with Crippen LogP contribution in [0.25, 0.3) is 32.9 Å². The van der Waals surface area contributed by atoms with Crippen LogP contribution in [0.3, 0.4) is 0 Å². The number of carboxylic acids is 1. The van der Waals surface area contributed by atoms with Crippen LogP contribution in [0.4, 0.5) is 11.4 Å². The van der Waals surface area contributed by atoms with Crippen LogP contribution in [0.2, 0.25) is 0 Å². The van der Waals surface area contributed by atoms with E-state index in [0.717, 1.165) is 22.5 Å². The highest BCUT2D eigenvalue weighted by atomic mass is 32.1. The number of anilines is 2. The summed E-state index contributed by atoms with van der Waals surface area (Å²) in [5.74, 6) is -0.620. The number of hydrogen-bond donors (Lipinski definition) is 3. The minimum absolute atomic E-state index is 0.0475. The van der Waals surface area contributed by atoms with Crippen molar-refractivity contribution >= 4 is 38.9 Å². The van der Waals surface area contributed by atoms with Gasteiger partial charge in [0.25, 0.3) is 0 Å². The number of carboxylic acid groups (broad SMARTS) is 1. The molecule has 4 rings (SSSR count). The van der Waals surface area contributed by atoms with Crippen LogP contribution in [0.15, 0.2) is 48.8 Å². The van der Waals surface area contributed by atoms with Gasteiger partial charge in [-0.3, -0.25) is 4.98 Å². The number of aromatic carboxylic acids is 1. The van der Waals surface area contributed by atoms with Gasteiger partial charge in [0, 0.05) is 29.2 Å². The van der Waals surface area contributed by atoms with Gasteiger partial charge in [0.2, 0.25) is 0 Å². The van der Waals surface area contributed by atoms with Crippen LogP contribution < -0.4 is 11.5 Å². The third-order valence-electron chi connectivity index (χ3n) is 3.88. The number of aromatic nitrogens is 3. The summed E-state index contributed by atoms with van der Waals surface area (Å²) < 4.78 is 0. The second-order valence-corrected chi connectivity index (χ2v) is 6.59. The SMILES string of the molecule is Nc1cccc(-c2nc(-c3ccncc3)nc3sc(C(=O)O)c(N)c23)c1. The molecule has 7 nitrogen and oxygen atoms in total. The van der Waals surface area contributed by atoms with E-state index in [0.29, 0.717) is 27.4 Å². The molecule has 0 radical (unpaired) electrons. The number of pyridine rings is 1. The van der Waals surface area contributed by atoms with Gasteiger partial charge in [-0.2, -0.15) is 0 Å². The third-order valence-corrected chi connectivity index (χ3v) is 4.97. The Hall–Kier alpha value is -3.52. The summed E-state index contributed by atoms with van der Waals surface area (Å²) in [4.78, 5) is 25.2. The molecule has 0 aliphatic rings. The molecule has 1 aromatic carbocycles. The lowest BCUT2D eigenvalue weighted by atomic mass is 10.1. The van der Waals surface area contributed by atoms with Crippen molar-refractivity contribution in [2.24, 2.45) is 0 Å². The van der Waals surface area contributed by atoms with Crippen LogP contribution in [0.5, 0.6) is 0 Å². The summed E-state index contributed by atoms with van der Waals surface area (Å²) in [6, 6.07) is 10.8. The number of nitrogen functional groups attached to an aromatic ring is 2. The number of nitrogens with two attached hydrogens (primary N) is 2. The van der Waals surface area contributed by atoms with Crippen molar-refractivity contribution in [2.75, 3.05) is 11.5 Å². The number of fused-ring (bicyclic) bond motifs is 1. The molecule has 0 aliphatic carbocycles. The molecule has 0 atom stereocenters. The van der Waals surface area contributed by atoms with Gasteiger partial charge in [-0.1, -0.05) is 12.1 Å². The molecule has 0 spiro atoms. The number of nitrogens with zero attached hydrogens (tertiary/aromatic N) is 3. The minimum Gasteiger partial charge on any atom is -0.477 e. The summed E-state index contributed by atoms with van der Waals surface area (Å²) in [7, 11) is 0. The van der Waals surface area contributed by atoms with Crippen LogP contribution in [0, 0.1) is 0 Å². The maximum absolute atomic E-state index is 11.5. The van der Waals surface area contributed by atoms with Crippen molar-refractivity contribution in [3.63, 3.8) is 0 Å². The van der Waals surface area contributed by atoms with Crippen LogP contribution in [0.1, 0.15) is 9.67 Å². The molecule has 3 aromatic heterocycles. The Bertz CT molecular complexity index is 1140. The highest BCUT2D eigenvalue weighted by Gasteiger charge is 2.22. The molecule has 0 amide bonds. The van der Waals surface area contributed by atoms with Gasteiger partial charge >= 0.3 is 5.97 Å². The van der Waals surface area contributed by atoms with Crippen molar-refractivity contribution in [1.82, 2.24) is 15.0 Å². The first-order chi connectivity index (χ1) is 12.5. The highest BCUT2D eigenvalue weighted by Crippen LogP contribution is 2.39. The van der Waals surface area contributed by atoms with Crippen molar-refractivity contribution in [1.29, 1.82) is 0 Å². The van der Waals surface area contributed by atoms with Gasteiger partial charge in [0.05, 0.1) is 16.8 Å². The second kappa shape index (κ2) is 6.08. The molecule has 0 saturated heterocycles. The van der Waals surface area contributed by atoms with Gasteiger partial charge in [-0.05, 0) is 24.3 Å². The summed E-state index contributed by atoms with van der Waals surface area (Å²) in [6.07, 6.45) is 3.29. The zero-order chi connectivity index (χ0) is 18.3. The Balaban J connectivity index is 2.08. The van der Waals surface area contributed by atoms with E-state index in [4.69, 9.17) is 11.5 Å². The fourth-order valence-corrected chi connectivity index (χ4v) is 3.64. The Morgan fingerprint density at radius 2 is 1.81 bits per heavy atom. The average molecular weight is 363 g/mol. The zero-order valence-corrected chi connectivity index (χ0v) is 14.2. The first-order valence-corrected chi connectivity index (χ1v) is 8.46. The Morgan fingerprint density at radius 1 is 1.04 bits per heavy atom. The highest BCUT2D eigenvalue weighted by molar-refractivity contribution is 7.21. The number of benzene rings is 1. The molecule has 0 fully saturated rings. The van der Waals surface area contributed by atoms with E-state index < -0.39 is 5.97 Å². The topological polar surface area (TPSA) is 128 Å². The number of carbonyl (C=O) groups is 1. The molecule has 8 heteroatoms. The van der Waals surface area contributed by atoms with Crippen LogP contribution in [-0.2, 0) is 0 Å². The van der Waals surface area contributed by atoms with Gasteiger partial charge in [0.15, 0.2) is 5.82 Å². The first kappa shape index (κ1) is 16.0. The molecule has 0 unspecified atom stereocenters. The lowest BCUT2D eigenvalue weighted by molar-refractivity contribution is 0.0703. The summed E-state index contributed by atoms with van der Waals surface area (Å²) in [5, 5.41) is 9.94. The fourth-order valence-electron chi connectivity index (χ4n) is 2.71. The standard InChI is InChI=1S/C18H13N5O2S/c19-11-3-1-2-10(8-11)14-12-13(20)15(18(24)25)26-17(12)23-16(22-14)9-4-6-21-7-5-9/h1-8H,19-20H2,(H,24,25). The third kappa shape index (κ3) is 2.62. The van der Waals surface area contributed by atoms with Gasteiger partial charge < -0.3 is 16.6 Å². The molecule has 3 heterocycles. The number of hydrogen-bond acceptors (Lipinski definition) is 7.